The van der Waals surface area contributed by atoms with E-state index in [4.69, 9.17) is 18.6 Å². The first-order chi connectivity index (χ1) is 14.6. The predicted molar refractivity (Wildman–Crippen MR) is 148 cm³/mol. The number of hydrogen-bond acceptors (Lipinski definition) is 0. The third-order valence-electron chi connectivity index (χ3n) is 7.83. The molecule has 0 aliphatic heterocycles. The fourth-order valence-corrected chi connectivity index (χ4v) is 24.5. The van der Waals surface area contributed by atoms with Crippen molar-refractivity contribution >= 4 is 25.3 Å². The Kier molecular flexibility index (Phi) is 9.17. The molecule has 2 aliphatic rings. The summed E-state index contributed by atoms with van der Waals surface area (Å²) in [6.07, 6.45) is 17.2. The van der Waals surface area contributed by atoms with Crippen LogP contribution in [0.25, 0.3) is 0 Å². The van der Waals surface area contributed by atoms with Crippen LogP contribution in [0.2, 0.25) is 21.5 Å². The van der Waals surface area contributed by atoms with E-state index < -0.39 is 19.1 Å². The van der Waals surface area contributed by atoms with E-state index >= 15 is 0 Å². The Bertz CT molecular complexity index is 753. The van der Waals surface area contributed by atoms with Crippen molar-refractivity contribution in [2.45, 2.75) is 115 Å². The minimum absolute atomic E-state index is 0.127. The molecule has 0 aromatic rings. The molecule has 0 radical (unpaired) electrons. The van der Waals surface area contributed by atoms with Gasteiger partial charge in [0, 0.05) is 0 Å². The van der Waals surface area contributed by atoms with Crippen LogP contribution in [0.4, 0.5) is 0 Å². The van der Waals surface area contributed by atoms with Gasteiger partial charge in [-0.25, -0.2) is 0 Å². The third-order valence-corrected chi connectivity index (χ3v) is 43.4. The van der Waals surface area contributed by atoms with Crippen LogP contribution in [0.3, 0.4) is 0 Å². The Labute approximate surface area is 209 Å². The van der Waals surface area contributed by atoms with Crippen molar-refractivity contribution < 1.29 is 12.4 Å². The zero-order valence-corrected chi connectivity index (χ0v) is 26.8. The van der Waals surface area contributed by atoms with Gasteiger partial charge in [-0.2, -0.15) is 0 Å². The van der Waals surface area contributed by atoms with Gasteiger partial charge in [0.1, 0.15) is 0 Å². The van der Waals surface area contributed by atoms with Crippen molar-refractivity contribution in [1.82, 2.24) is 0 Å². The molecule has 0 N–H and O–H groups in total. The number of halogens is 2. The molecule has 0 nitrogen and oxygen atoms in total. The molecule has 4 heteroatoms. The van der Waals surface area contributed by atoms with Crippen LogP contribution in [0.1, 0.15) is 93.9 Å². The van der Waals surface area contributed by atoms with Gasteiger partial charge < -0.3 is 0 Å². The Balaban J connectivity index is 2.70. The van der Waals surface area contributed by atoms with Gasteiger partial charge in [0.05, 0.1) is 0 Å². The second-order valence-corrected chi connectivity index (χ2v) is 42.1. The van der Waals surface area contributed by atoms with Crippen molar-refractivity contribution in [2.24, 2.45) is 10.8 Å². The molecule has 2 aliphatic carbocycles. The van der Waals surface area contributed by atoms with Crippen LogP contribution in [-0.4, -0.2) is 6.66 Å². The van der Waals surface area contributed by atoms with Gasteiger partial charge in [-0.15, -0.1) is 0 Å². The molecule has 0 spiro atoms. The summed E-state index contributed by atoms with van der Waals surface area (Å²) in [5.74, 6) is 0. The predicted octanol–water partition coefficient (Wildman–Crippen LogP) is 10.7. The van der Waals surface area contributed by atoms with E-state index in [1.54, 1.807) is 0 Å². The van der Waals surface area contributed by atoms with E-state index in [0.29, 0.717) is 0 Å². The van der Waals surface area contributed by atoms with Crippen molar-refractivity contribution in [3.63, 3.8) is 0 Å². The number of rotatable bonds is 9. The number of allylic oxidation sites excluding steroid dienone is 8. The maximum atomic E-state index is 8.17. The first-order valence-electron chi connectivity index (χ1n) is 13.0. The Morgan fingerprint density at radius 3 is 1.34 bits per heavy atom. The molecule has 0 aromatic heterocycles. The normalized spacial score (nSPS) is 23.6. The molecule has 0 heterocycles. The summed E-state index contributed by atoms with van der Waals surface area (Å²) in [6, 6.07) is 0. The van der Waals surface area contributed by atoms with Gasteiger partial charge in [0.25, 0.3) is 0 Å². The Hall–Kier alpha value is 0.471. The fraction of sp³-hybridized carbons (Fsp3) is 0.714. The van der Waals surface area contributed by atoms with Crippen molar-refractivity contribution in [3.8, 4) is 0 Å². The third kappa shape index (κ3) is 5.65. The van der Waals surface area contributed by atoms with Crippen molar-refractivity contribution in [1.29, 1.82) is 0 Å². The van der Waals surface area contributed by atoms with Crippen LogP contribution < -0.4 is 0 Å². The summed E-state index contributed by atoms with van der Waals surface area (Å²) < 4.78 is 0.543. The molecule has 2 atom stereocenters. The second kappa shape index (κ2) is 10.2. The first-order valence-corrected chi connectivity index (χ1v) is 24.7. The fourth-order valence-electron chi connectivity index (χ4n) is 5.34. The molecule has 32 heavy (non-hydrogen) atoms. The topological polar surface area (TPSA) is 0 Å². The van der Waals surface area contributed by atoms with Crippen LogP contribution >= 0.6 is 18.6 Å². The molecular formula is C28H49Cl2SiTi. The van der Waals surface area contributed by atoms with Crippen LogP contribution in [-0.2, 0) is 12.4 Å². The Morgan fingerprint density at radius 1 is 0.750 bits per heavy atom. The van der Waals surface area contributed by atoms with E-state index in [1.807, 2.05) is 0 Å². The average Bonchev–Trinajstić information content (AvgIpc) is 3.29. The minimum atomic E-state index is -4.05. The van der Waals surface area contributed by atoms with Crippen LogP contribution in [0, 0.1) is 10.8 Å². The molecule has 0 aromatic carbocycles. The zero-order chi connectivity index (χ0) is 24.6. The first kappa shape index (κ1) is 28.7. The van der Waals surface area contributed by atoms with Gasteiger partial charge in [0.15, 0.2) is 0 Å². The van der Waals surface area contributed by atoms with Crippen molar-refractivity contribution in [3.05, 3.63) is 46.6 Å². The molecule has 2 rings (SSSR count). The molecular weight excluding hydrogens is 483 g/mol. The number of unbranched alkanes of at least 4 members (excludes halogenated alkanes) is 2. The molecule has 0 bridgehead atoms. The quantitative estimate of drug-likeness (QED) is 0.259. The SMILES string of the molecule is CCCCC1=CC(C(C)(C)C)=C[CH]1[Ti]([Cl])([Cl])([CH]1C=C(C(C)(C)C)C=C1CCCC)[SiH](C)C. The van der Waals surface area contributed by atoms with E-state index in [-0.39, 0.29) is 19.3 Å². The van der Waals surface area contributed by atoms with Gasteiger partial charge >= 0.3 is 211 Å². The van der Waals surface area contributed by atoms with Gasteiger partial charge in [-0.3, -0.25) is 0 Å². The average molecular weight is 533 g/mol. The maximum absolute atomic E-state index is 8.17. The standard InChI is InChI=1S/2C13H21.C2H7Si.2ClH.Ti/c2*1-5-6-7-11-8-9-12(10-11)13(2,3)4;1-3-2;;;/h2*8-10H,5-7H2,1-4H3;3H,1-2H3;2*1H;/q;;;;;+2/p-2. The monoisotopic (exact) mass is 531 g/mol. The molecule has 0 saturated carbocycles. The van der Waals surface area contributed by atoms with E-state index in [9.17, 15) is 0 Å². The van der Waals surface area contributed by atoms with E-state index in [1.165, 1.54) is 48.0 Å². The van der Waals surface area contributed by atoms with Gasteiger partial charge in [-0.05, 0) is 0 Å². The molecule has 183 valence electrons. The molecule has 2 unspecified atom stereocenters. The van der Waals surface area contributed by atoms with Crippen LogP contribution in [0.5, 0.6) is 0 Å². The summed E-state index contributed by atoms with van der Waals surface area (Å²) in [5, 5.41) is 0. The molecule has 0 saturated heterocycles. The molecule has 0 fully saturated rings. The summed E-state index contributed by atoms with van der Waals surface area (Å²) in [5.41, 5.74) is 6.21. The Morgan fingerprint density at radius 2 is 1.09 bits per heavy atom. The molecule has 0 amide bonds. The summed E-state index contributed by atoms with van der Waals surface area (Å²) in [7, 11) is 16.3. The summed E-state index contributed by atoms with van der Waals surface area (Å²) >= 11 is -4.05. The summed E-state index contributed by atoms with van der Waals surface area (Å²) in [6.45, 7) is 22.0. The number of hydrogen-bond donors (Lipinski definition) is 0. The van der Waals surface area contributed by atoms with Gasteiger partial charge in [-0.1, -0.05) is 0 Å². The van der Waals surface area contributed by atoms with Gasteiger partial charge in [0.2, 0.25) is 0 Å². The van der Waals surface area contributed by atoms with Crippen molar-refractivity contribution in [2.75, 3.05) is 0 Å². The van der Waals surface area contributed by atoms with E-state index in [2.05, 4.69) is 92.8 Å². The van der Waals surface area contributed by atoms with Crippen LogP contribution in [0.15, 0.2) is 46.6 Å². The van der Waals surface area contributed by atoms with E-state index in [0.717, 1.165) is 12.8 Å². The second-order valence-electron chi connectivity index (χ2n) is 12.7. The summed E-state index contributed by atoms with van der Waals surface area (Å²) in [4.78, 5) is 0. The zero-order valence-electron chi connectivity index (χ0n) is 22.5.